The van der Waals surface area contributed by atoms with E-state index in [9.17, 15) is 9.90 Å². The predicted molar refractivity (Wildman–Crippen MR) is 65.8 cm³/mol. The fraction of sp³-hybridized carbons (Fsp3) is 0.500. The van der Waals surface area contributed by atoms with Crippen molar-refractivity contribution in [1.82, 2.24) is 0 Å². The van der Waals surface area contributed by atoms with Crippen molar-refractivity contribution in [3.8, 4) is 0 Å². The SMILES string of the molecule is CCC(O)C(=O)c1ccc(C(C)(C)C)cc1. The van der Waals surface area contributed by atoms with Crippen LogP contribution in [0.5, 0.6) is 0 Å². The van der Waals surface area contributed by atoms with Crippen LogP contribution in [0.25, 0.3) is 0 Å². The van der Waals surface area contributed by atoms with Gasteiger partial charge in [0.15, 0.2) is 5.78 Å². The standard InChI is InChI=1S/C14H20O2/c1-5-12(15)13(16)10-6-8-11(9-7-10)14(2,3)4/h6-9,12,15H,5H2,1-4H3. The Balaban J connectivity index is 2.91. The minimum atomic E-state index is -0.875. The molecule has 1 aromatic carbocycles. The van der Waals surface area contributed by atoms with Crippen molar-refractivity contribution in [2.75, 3.05) is 0 Å². The largest absolute Gasteiger partial charge is 0.385 e. The summed E-state index contributed by atoms with van der Waals surface area (Å²) in [6, 6.07) is 7.49. The molecule has 0 heterocycles. The summed E-state index contributed by atoms with van der Waals surface area (Å²) in [4.78, 5) is 11.7. The van der Waals surface area contributed by atoms with Gasteiger partial charge in [-0.15, -0.1) is 0 Å². The predicted octanol–water partition coefficient (Wildman–Crippen LogP) is 2.94. The summed E-state index contributed by atoms with van der Waals surface area (Å²) < 4.78 is 0. The van der Waals surface area contributed by atoms with Gasteiger partial charge in [0.2, 0.25) is 0 Å². The Bertz CT molecular complexity index is 357. The summed E-state index contributed by atoms with van der Waals surface area (Å²) in [6.45, 7) is 8.19. The van der Waals surface area contributed by atoms with Gasteiger partial charge in [0.05, 0.1) is 0 Å². The first kappa shape index (κ1) is 12.9. The molecule has 0 saturated heterocycles. The first-order valence-corrected chi connectivity index (χ1v) is 5.69. The molecule has 0 radical (unpaired) electrons. The number of carbonyl (C=O) groups is 1. The van der Waals surface area contributed by atoms with Crippen LogP contribution < -0.4 is 0 Å². The number of aliphatic hydroxyl groups is 1. The van der Waals surface area contributed by atoms with Crippen LogP contribution in [-0.4, -0.2) is 17.0 Å². The highest BCUT2D eigenvalue weighted by Crippen LogP contribution is 2.22. The fourth-order valence-corrected chi connectivity index (χ4v) is 1.51. The van der Waals surface area contributed by atoms with Crippen molar-refractivity contribution in [2.45, 2.75) is 45.6 Å². The van der Waals surface area contributed by atoms with Crippen molar-refractivity contribution in [3.05, 3.63) is 35.4 Å². The van der Waals surface area contributed by atoms with Crippen molar-refractivity contribution in [1.29, 1.82) is 0 Å². The Hall–Kier alpha value is -1.15. The molecule has 0 aromatic heterocycles. The van der Waals surface area contributed by atoms with Crippen LogP contribution in [0, 0.1) is 0 Å². The minimum absolute atomic E-state index is 0.0882. The molecule has 0 fully saturated rings. The minimum Gasteiger partial charge on any atom is -0.385 e. The van der Waals surface area contributed by atoms with E-state index in [4.69, 9.17) is 0 Å². The van der Waals surface area contributed by atoms with E-state index in [1.807, 2.05) is 12.1 Å². The van der Waals surface area contributed by atoms with Crippen LogP contribution in [-0.2, 0) is 5.41 Å². The Morgan fingerprint density at radius 3 is 2.12 bits per heavy atom. The van der Waals surface area contributed by atoms with E-state index in [1.54, 1.807) is 19.1 Å². The summed E-state index contributed by atoms with van der Waals surface area (Å²) in [5.74, 6) is -0.192. The number of rotatable bonds is 3. The zero-order valence-electron chi connectivity index (χ0n) is 10.4. The molecule has 1 N–H and O–H groups in total. The van der Waals surface area contributed by atoms with E-state index in [1.165, 1.54) is 5.56 Å². The van der Waals surface area contributed by atoms with Gasteiger partial charge in [-0.05, 0) is 17.4 Å². The first-order valence-electron chi connectivity index (χ1n) is 5.69. The van der Waals surface area contributed by atoms with Crippen LogP contribution >= 0.6 is 0 Å². The lowest BCUT2D eigenvalue weighted by Crippen LogP contribution is -2.19. The second-order valence-electron chi connectivity index (χ2n) is 5.12. The van der Waals surface area contributed by atoms with Crippen LogP contribution in [0.15, 0.2) is 24.3 Å². The highest BCUT2D eigenvalue weighted by atomic mass is 16.3. The highest BCUT2D eigenvalue weighted by Gasteiger charge is 2.17. The Labute approximate surface area is 97.3 Å². The number of carbonyl (C=O) groups excluding carboxylic acids is 1. The van der Waals surface area contributed by atoms with Gasteiger partial charge < -0.3 is 5.11 Å². The van der Waals surface area contributed by atoms with E-state index in [2.05, 4.69) is 20.8 Å². The first-order chi connectivity index (χ1) is 7.36. The Morgan fingerprint density at radius 2 is 1.75 bits per heavy atom. The molecule has 2 heteroatoms. The molecule has 88 valence electrons. The monoisotopic (exact) mass is 220 g/mol. The lowest BCUT2D eigenvalue weighted by Gasteiger charge is -2.19. The molecule has 2 nitrogen and oxygen atoms in total. The third-order valence-electron chi connectivity index (χ3n) is 2.72. The number of aliphatic hydroxyl groups excluding tert-OH is 1. The average molecular weight is 220 g/mol. The molecule has 0 aliphatic heterocycles. The van der Waals surface area contributed by atoms with Gasteiger partial charge >= 0.3 is 0 Å². The number of hydrogen-bond donors (Lipinski definition) is 1. The van der Waals surface area contributed by atoms with Gasteiger partial charge in [-0.25, -0.2) is 0 Å². The number of ketones is 1. The summed E-state index contributed by atoms with van der Waals surface area (Å²) in [5, 5.41) is 9.46. The second-order valence-corrected chi connectivity index (χ2v) is 5.12. The molecule has 1 unspecified atom stereocenters. The molecular weight excluding hydrogens is 200 g/mol. The molecule has 0 bridgehead atoms. The lowest BCUT2D eigenvalue weighted by molar-refractivity contribution is 0.0740. The quantitative estimate of drug-likeness (QED) is 0.795. The molecule has 0 amide bonds. The fourth-order valence-electron chi connectivity index (χ4n) is 1.51. The van der Waals surface area contributed by atoms with Crippen molar-refractivity contribution in [3.63, 3.8) is 0 Å². The van der Waals surface area contributed by atoms with Gasteiger partial charge in [0.25, 0.3) is 0 Å². The van der Waals surface area contributed by atoms with Gasteiger partial charge in [0, 0.05) is 5.56 Å². The summed E-state index contributed by atoms with van der Waals surface area (Å²) >= 11 is 0. The Kier molecular flexibility index (Phi) is 3.87. The second kappa shape index (κ2) is 4.79. The van der Waals surface area contributed by atoms with Gasteiger partial charge in [-0.1, -0.05) is 52.0 Å². The van der Waals surface area contributed by atoms with Crippen molar-refractivity contribution < 1.29 is 9.90 Å². The van der Waals surface area contributed by atoms with E-state index in [-0.39, 0.29) is 11.2 Å². The average Bonchev–Trinajstić information content (AvgIpc) is 2.26. The number of Topliss-reactive ketones (excluding diaryl/α,β-unsaturated/α-hetero) is 1. The van der Waals surface area contributed by atoms with E-state index < -0.39 is 6.10 Å². The van der Waals surface area contributed by atoms with E-state index in [0.29, 0.717) is 12.0 Å². The van der Waals surface area contributed by atoms with Crippen molar-refractivity contribution in [2.24, 2.45) is 0 Å². The summed E-state index contributed by atoms with van der Waals surface area (Å²) in [6.07, 6.45) is -0.416. The topological polar surface area (TPSA) is 37.3 Å². The molecule has 0 saturated carbocycles. The maximum Gasteiger partial charge on any atom is 0.191 e. The van der Waals surface area contributed by atoms with Crippen LogP contribution in [0.2, 0.25) is 0 Å². The zero-order valence-corrected chi connectivity index (χ0v) is 10.4. The Morgan fingerprint density at radius 1 is 1.25 bits per heavy atom. The number of benzene rings is 1. The maximum atomic E-state index is 11.7. The van der Waals surface area contributed by atoms with Gasteiger partial charge in [-0.2, -0.15) is 0 Å². The molecule has 1 atom stereocenters. The highest BCUT2D eigenvalue weighted by molar-refractivity contribution is 5.99. The smallest absolute Gasteiger partial charge is 0.191 e. The molecule has 0 aliphatic rings. The molecule has 1 aromatic rings. The third-order valence-corrected chi connectivity index (χ3v) is 2.72. The third kappa shape index (κ3) is 2.92. The maximum absolute atomic E-state index is 11.7. The van der Waals surface area contributed by atoms with Crippen LogP contribution in [0.3, 0.4) is 0 Å². The molecule has 16 heavy (non-hydrogen) atoms. The normalized spacial score (nSPS) is 13.6. The van der Waals surface area contributed by atoms with E-state index >= 15 is 0 Å². The zero-order chi connectivity index (χ0) is 12.3. The molecule has 0 spiro atoms. The molecular formula is C14H20O2. The van der Waals surface area contributed by atoms with E-state index in [0.717, 1.165) is 0 Å². The molecule has 1 rings (SSSR count). The number of hydrogen-bond acceptors (Lipinski definition) is 2. The summed E-state index contributed by atoms with van der Waals surface area (Å²) in [7, 11) is 0. The van der Waals surface area contributed by atoms with Gasteiger partial charge in [-0.3, -0.25) is 4.79 Å². The molecule has 0 aliphatic carbocycles. The lowest BCUT2D eigenvalue weighted by atomic mass is 9.86. The van der Waals surface area contributed by atoms with Crippen molar-refractivity contribution >= 4 is 5.78 Å². The van der Waals surface area contributed by atoms with Gasteiger partial charge in [0.1, 0.15) is 6.10 Å². The summed E-state index contributed by atoms with van der Waals surface area (Å²) in [5.41, 5.74) is 1.86. The van der Waals surface area contributed by atoms with Crippen LogP contribution in [0.4, 0.5) is 0 Å². The van der Waals surface area contributed by atoms with Crippen LogP contribution in [0.1, 0.15) is 50.0 Å².